The summed E-state index contributed by atoms with van der Waals surface area (Å²) in [4.78, 5) is 0. The van der Waals surface area contributed by atoms with Crippen molar-refractivity contribution in [3.63, 3.8) is 0 Å². The second-order valence-electron chi connectivity index (χ2n) is 10.3. The first-order valence-corrected chi connectivity index (χ1v) is 12.6. The summed E-state index contributed by atoms with van der Waals surface area (Å²) in [5.41, 5.74) is 10.1. The average molecular weight is 462 g/mol. The molecule has 6 aromatic rings. The van der Waals surface area contributed by atoms with Crippen molar-refractivity contribution in [2.75, 3.05) is 5.32 Å². The van der Waals surface area contributed by atoms with Crippen molar-refractivity contribution in [1.82, 2.24) is 0 Å². The molecule has 0 saturated heterocycles. The van der Waals surface area contributed by atoms with Gasteiger partial charge in [0.1, 0.15) is 0 Å². The van der Waals surface area contributed by atoms with Gasteiger partial charge in [-0.15, -0.1) is 0 Å². The number of anilines is 2. The van der Waals surface area contributed by atoms with E-state index in [9.17, 15) is 0 Å². The van der Waals surface area contributed by atoms with Crippen LogP contribution in [0.2, 0.25) is 0 Å². The number of rotatable bonds is 3. The molecule has 1 nitrogen and oxygen atoms in total. The standard InChI is InChI=1S/C35H27N/c1-35(2)31-21-20-24(36-32-19-11-10-14-25(32)23-12-4-3-5-13-23)22-30(31)33-28-17-8-6-15-26(28)27-16-7-9-18-29(27)34(33)35/h3-22,36H,1-2H3. The van der Waals surface area contributed by atoms with Crippen LogP contribution < -0.4 is 5.32 Å². The van der Waals surface area contributed by atoms with Gasteiger partial charge < -0.3 is 5.32 Å². The van der Waals surface area contributed by atoms with Crippen LogP contribution in [-0.4, -0.2) is 0 Å². The first-order valence-electron chi connectivity index (χ1n) is 12.6. The molecule has 172 valence electrons. The number of hydrogen-bond donors (Lipinski definition) is 1. The van der Waals surface area contributed by atoms with Gasteiger partial charge in [-0.25, -0.2) is 0 Å². The molecule has 0 aromatic heterocycles. The minimum Gasteiger partial charge on any atom is -0.355 e. The second-order valence-corrected chi connectivity index (χ2v) is 10.3. The van der Waals surface area contributed by atoms with Crippen molar-refractivity contribution in [3.8, 4) is 22.3 Å². The van der Waals surface area contributed by atoms with E-state index < -0.39 is 0 Å². The molecule has 7 rings (SSSR count). The Balaban J connectivity index is 1.44. The molecule has 0 amide bonds. The summed E-state index contributed by atoms with van der Waals surface area (Å²) in [7, 11) is 0. The van der Waals surface area contributed by atoms with E-state index >= 15 is 0 Å². The maximum Gasteiger partial charge on any atom is 0.0463 e. The molecule has 0 unspecified atom stereocenters. The Labute approximate surface area is 212 Å². The van der Waals surface area contributed by atoms with Crippen LogP contribution in [0.1, 0.15) is 25.0 Å². The Bertz CT molecular complexity index is 1780. The van der Waals surface area contributed by atoms with Crippen molar-refractivity contribution in [2.24, 2.45) is 0 Å². The Hall–Kier alpha value is -4.36. The van der Waals surface area contributed by atoms with Gasteiger partial charge in [-0.05, 0) is 67.6 Å². The highest BCUT2D eigenvalue weighted by atomic mass is 14.9. The molecule has 0 saturated carbocycles. The maximum atomic E-state index is 3.74. The van der Waals surface area contributed by atoms with Gasteiger partial charge in [0.05, 0.1) is 0 Å². The molecule has 0 fully saturated rings. The maximum absolute atomic E-state index is 3.74. The van der Waals surface area contributed by atoms with Gasteiger partial charge in [0.15, 0.2) is 0 Å². The molecule has 36 heavy (non-hydrogen) atoms. The lowest BCUT2D eigenvalue weighted by Gasteiger charge is -2.24. The Morgan fingerprint density at radius 2 is 1.14 bits per heavy atom. The lowest BCUT2D eigenvalue weighted by atomic mass is 9.79. The monoisotopic (exact) mass is 461 g/mol. The minimum absolute atomic E-state index is 0.0746. The Morgan fingerprint density at radius 3 is 1.92 bits per heavy atom. The van der Waals surface area contributed by atoms with Crippen LogP contribution in [0, 0.1) is 0 Å². The first kappa shape index (κ1) is 21.0. The summed E-state index contributed by atoms with van der Waals surface area (Å²) in [6, 6.07) is 43.8. The van der Waals surface area contributed by atoms with Gasteiger partial charge in [-0.3, -0.25) is 0 Å². The Morgan fingerprint density at radius 1 is 0.528 bits per heavy atom. The predicted molar refractivity (Wildman–Crippen MR) is 154 cm³/mol. The van der Waals surface area contributed by atoms with Crippen LogP contribution in [-0.2, 0) is 5.41 Å². The summed E-state index contributed by atoms with van der Waals surface area (Å²) in [6.45, 7) is 4.74. The van der Waals surface area contributed by atoms with Crippen molar-refractivity contribution >= 4 is 32.9 Å². The molecule has 1 aliphatic rings. The van der Waals surface area contributed by atoms with Gasteiger partial charge in [-0.1, -0.05) is 117 Å². The molecule has 6 aromatic carbocycles. The molecule has 0 aliphatic heterocycles. The van der Waals surface area contributed by atoms with Crippen LogP contribution in [0.15, 0.2) is 121 Å². The van der Waals surface area contributed by atoms with Crippen LogP contribution in [0.4, 0.5) is 11.4 Å². The van der Waals surface area contributed by atoms with Crippen LogP contribution in [0.25, 0.3) is 43.8 Å². The van der Waals surface area contributed by atoms with E-state index in [0.29, 0.717) is 0 Å². The normalized spacial score (nSPS) is 13.5. The van der Waals surface area contributed by atoms with Crippen LogP contribution >= 0.6 is 0 Å². The van der Waals surface area contributed by atoms with E-state index in [1.807, 2.05) is 0 Å². The average Bonchev–Trinajstić information content (AvgIpc) is 3.16. The van der Waals surface area contributed by atoms with Gasteiger partial charge in [0, 0.05) is 22.4 Å². The topological polar surface area (TPSA) is 12.0 Å². The van der Waals surface area contributed by atoms with Crippen molar-refractivity contribution in [2.45, 2.75) is 19.3 Å². The molecule has 1 aliphatic carbocycles. The largest absolute Gasteiger partial charge is 0.355 e. The summed E-state index contributed by atoms with van der Waals surface area (Å²) < 4.78 is 0. The number of fused-ring (bicyclic) bond motifs is 8. The van der Waals surface area contributed by atoms with Crippen LogP contribution in [0.5, 0.6) is 0 Å². The number of benzene rings is 6. The summed E-state index contributed by atoms with van der Waals surface area (Å²) in [5.74, 6) is 0. The number of nitrogens with one attached hydrogen (secondary N) is 1. The molecule has 0 heterocycles. The third-order valence-electron chi connectivity index (χ3n) is 7.81. The van der Waals surface area contributed by atoms with E-state index in [0.717, 1.165) is 11.4 Å². The van der Waals surface area contributed by atoms with Crippen molar-refractivity contribution in [1.29, 1.82) is 0 Å². The van der Waals surface area contributed by atoms with Gasteiger partial charge >= 0.3 is 0 Å². The highest BCUT2D eigenvalue weighted by Gasteiger charge is 2.38. The molecular weight excluding hydrogens is 434 g/mol. The predicted octanol–water partition coefficient (Wildman–Crippen LogP) is 9.71. The zero-order valence-electron chi connectivity index (χ0n) is 20.5. The SMILES string of the molecule is CC1(C)c2ccc(Nc3ccccc3-c3ccccc3)cc2-c2c1c1ccccc1c1ccccc21. The third kappa shape index (κ3) is 3.03. The summed E-state index contributed by atoms with van der Waals surface area (Å²) >= 11 is 0. The smallest absolute Gasteiger partial charge is 0.0463 e. The number of hydrogen-bond acceptors (Lipinski definition) is 1. The fraction of sp³-hybridized carbons (Fsp3) is 0.0857. The van der Waals surface area contributed by atoms with E-state index in [1.54, 1.807) is 0 Å². The van der Waals surface area contributed by atoms with Crippen molar-refractivity contribution < 1.29 is 0 Å². The van der Waals surface area contributed by atoms with Gasteiger partial charge in [-0.2, -0.15) is 0 Å². The summed E-state index contributed by atoms with van der Waals surface area (Å²) in [6.07, 6.45) is 0. The number of para-hydroxylation sites is 1. The highest BCUT2D eigenvalue weighted by Crippen LogP contribution is 2.55. The molecule has 1 N–H and O–H groups in total. The van der Waals surface area contributed by atoms with E-state index in [2.05, 4.69) is 140 Å². The lowest BCUT2D eigenvalue weighted by molar-refractivity contribution is 0.666. The molecule has 1 heteroatoms. The quantitative estimate of drug-likeness (QED) is 0.259. The molecule has 0 atom stereocenters. The van der Waals surface area contributed by atoms with Crippen LogP contribution in [0.3, 0.4) is 0 Å². The fourth-order valence-electron chi connectivity index (χ4n) is 6.20. The van der Waals surface area contributed by atoms with Crippen molar-refractivity contribution in [3.05, 3.63) is 132 Å². The summed E-state index contributed by atoms with van der Waals surface area (Å²) in [5, 5.41) is 9.09. The van der Waals surface area contributed by atoms with E-state index in [4.69, 9.17) is 0 Å². The second kappa shape index (κ2) is 7.83. The van der Waals surface area contributed by atoms with Gasteiger partial charge in [0.25, 0.3) is 0 Å². The molecule has 0 radical (unpaired) electrons. The van der Waals surface area contributed by atoms with Gasteiger partial charge in [0.2, 0.25) is 0 Å². The highest BCUT2D eigenvalue weighted by molar-refractivity contribution is 6.18. The minimum atomic E-state index is -0.0746. The molecule has 0 spiro atoms. The fourth-order valence-corrected chi connectivity index (χ4v) is 6.20. The third-order valence-corrected chi connectivity index (χ3v) is 7.81. The Kier molecular flexibility index (Phi) is 4.56. The zero-order chi connectivity index (χ0) is 24.3. The van der Waals surface area contributed by atoms with E-state index in [1.165, 1.54) is 54.9 Å². The first-order chi connectivity index (χ1) is 17.6. The van der Waals surface area contributed by atoms with E-state index in [-0.39, 0.29) is 5.41 Å². The molecule has 0 bridgehead atoms. The molecular formula is C35H27N. The zero-order valence-corrected chi connectivity index (χ0v) is 20.5. The lowest BCUT2D eigenvalue weighted by Crippen LogP contribution is -2.15.